The first-order valence-corrected chi connectivity index (χ1v) is 8.12. The Balaban J connectivity index is 1.68. The number of nitrogens with zero attached hydrogens (tertiary/aromatic N) is 4. The monoisotopic (exact) mass is 303 g/mol. The second-order valence-corrected chi connectivity index (χ2v) is 7.17. The molecule has 1 aliphatic rings. The number of thiazole rings is 1. The van der Waals surface area contributed by atoms with Crippen molar-refractivity contribution in [2.24, 2.45) is 11.1 Å². The molecule has 1 fully saturated rings. The van der Waals surface area contributed by atoms with Gasteiger partial charge in [-0.2, -0.15) is 0 Å². The van der Waals surface area contributed by atoms with Crippen LogP contribution < -0.4 is 5.73 Å². The molecule has 0 aromatic carbocycles. The molecule has 0 aliphatic carbocycles. The maximum absolute atomic E-state index is 6.19. The average molecular weight is 303 g/mol. The van der Waals surface area contributed by atoms with Crippen LogP contribution >= 0.6 is 11.3 Å². The third-order valence-corrected chi connectivity index (χ3v) is 4.97. The Morgan fingerprint density at radius 2 is 2.14 bits per heavy atom. The van der Waals surface area contributed by atoms with Gasteiger partial charge in [0.15, 0.2) is 10.8 Å². The Morgan fingerprint density at radius 1 is 1.38 bits per heavy atom. The standard InChI is InChI=1S/C15H21N5S/c1-15(2)10-20(7-4-12(15)16)8-11-9-21-14(19-11)13-17-5-3-6-18-13/h3,5-6,9,12H,4,7-8,10,16H2,1-2H3. The molecular weight excluding hydrogens is 282 g/mol. The van der Waals surface area contributed by atoms with Crippen LogP contribution in [0.1, 0.15) is 26.0 Å². The second kappa shape index (κ2) is 5.79. The van der Waals surface area contributed by atoms with Crippen molar-refractivity contribution in [3.05, 3.63) is 29.5 Å². The fourth-order valence-electron chi connectivity index (χ4n) is 2.74. The third kappa shape index (κ3) is 3.28. The van der Waals surface area contributed by atoms with Crippen LogP contribution in [0.3, 0.4) is 0 Å². The summed E-state index contributed by atoms with van der Waals surface area (Å²) >= 11 is 1.60. The zero-order valence-corrected chi connectivity index (χ0v) is 13.3. The molecular formula is C15H21N5S. The lowest BCUT2D eigenvalue weighted by atomic mass is 9.80. The van der Waals surface area contributed by atoms with Crippen molar-refractivity contribution in [1.29, 1.82) is 0 Å². The first-order chi connectivity index (χ1) is 10.0. The van der Waals surface area contributed by atoms with Crippen LogP contribution in [0.25, 0.3) is 10.8 Å². The van der Waals surface area contributed by atoms with Crippen LogP contribution in [-0.2, 0) is 6.54 Å². The summed E-state index contributed by atoms with van der Waals surface area (Å²) in [6, 6.07) is 2.11. The highest BCUT2D eigenvalue weighted by atomic mass is 32.1. The van der Waals surface area contributed by atoms with E-state index >= 15 is 0 Å². The van der Waals surface area contributed by atoms with Gasteiger partial charge in [-0.25, -0.2) is 15.0 Å². The van der Waals surface area contributed by atoms with Crippen LogP contribution in [0.2, 0.25) is 0 Å². The highest BCUT2D eigenvalue weighted by Crippen LogP contribution is 2.29. The predicted molar refractivity (Wildman–Crippen MR) is 84.8 cm³/mol. The van der Waals surface area contributed by atoms with E-state index in [0.717, 1.165) is 36.8 Å². The number of hydrogen-bond donors (Lipinski definition) is 1. The smallest absolute Gasteiger partial charge is 0.188 e. The predicted octanol–water partition coefficient (Wildman–Crippen LogP) is 2.16. The van der Waals surface area contributed by atoms with Gasteiger partial charge in [-0.15, -0.1) is 11.3 Å². The molecule has 0 amide bonds. The van der Waals surface area contributed by atoms with Crippen molar-refractivity contribution in [2.75, 3.05) is 13.1 Å². The number of rotatable bonds is 3. The lowest BCUT2D eigenvalue weighted by Gasteiger charge is -2.42. The maximum atomic E-state index is 6.19. The molecule has 21 heavy (non-hydrogen) atoms. The van der Waals surface area contributed by atoms with Gasteiger partial charge in [0.05, 0.1) is 5.69 Å². The molecule has 1 unspecified atom stereocenters. The molecule has 112 valence electrons. The van der Waals surface area contributed by atoms with Crippen molar-refractivity contribution in [3.8, 4) is 10.8 Å². The van der Waals surface area contributed by atoms with E-state index in [1.165, 1.54) is 0 Å². The maximum Gasteiger partial charge on any atom is 0.188 e. The van der Waals surface area contributed by atoms with E-state index in [-0.39, 0.29) is 11.5 Å². The SMILES string of the molecule is CC1(C)CN(Cc2csc(-c3ncccn3)n2)CCC1N. The van der Waals surface area contributed by atoms with Gasteiger partial charge in [0, 0.05) is 43.4 Å². The summed E-state index contributed by atoms with van der Waals surface area (Å²) in [5.41, 5.74) is 7.45. The van der Waals surface area contributed by atoms with Crippen LogP contribution in [0.15, 0.2) is 23.8 Å². The fraction of sp³-hybridized carbons (Fsp3) is 0.533. The number of aromatic nitrogens is 3. The highest BCUT2D eigenvalue weighted by molar-refractivity contribution is 7.13. The molecule has 2 N–H and O–H groups in total. The lowest BCUT2D eigenvalue weighted by Crippen LogP contribution is -2.52. The van der Waals surface area contributed by atoms with Crippen LogP contribution in [0, 0.1) is 5.41 Å². The minimum atomic E-state index is 0.166. The average Bonchev–Trinajstić information content (AvgIpc) is 2.92. The molecule has 1 aliphatic heterocycles. The summed E-state index contributed by atoms with van der Waals surface area (Å²) < 4.78 is 0. The van der Waals surface area contributed by atoms with Gasteiger partial charge in [-0.05, 0) is 17.9 Å². The summed E-state index contributed by atoms with van der Waals surface area (Å²) in [7, 11) is 0. The van der Waals surface area contributed by atoms with Crippen molar-refractivity contribution in [1.82, 2.24) is 19.9 Å². The van der Waals surface area contributed by atoms with E-state index in [0.29, 0.717) is 5.82 Å². The van der Waals surface area contributed by atoms with Crippen molar-refractivity contribution in [2.45, 2.75) is 32.9 Å². The Bertz CT molecular complexity index is 595. The summed E-state index contributed by atoms with van der Waals surface area (Å²) in [6.45, 7) is 7.42. The Labute approximate surface area is 129 Å². The number of nitrogens with two attached hydrogens (primary N) is 1. The molecule has 0 spiro atoms. The largest absolute Gasteiger partial charge is 0.327 e. The number of likely N-dealkylation sites (tertiary alicyclic amines) is 1. The molecule has 2 aromatic rings. The minimum absolute atomic E-state index is 0.166. The molecule has 1 saturated heterocycles. The number of hydrogen-bond acceptors (Lipinski definition) is 6. The molecule has 0 bridgehead atoms. The molecule has 1 atom stereocenters. The third-order valence-electron chi connectivity index (χ3n) is 4.09. The molecule has 6 heteroatoms. The Kier molecular flexibility index (Phi) is 4.01. The first-order valence-electron chi connectivity index (χ1n) is 7.24. The molecule has 0 saturated carbocycles. The Morgan fingerprint density at radius 3 is 2.86 bits per heavy atom. The van der Waals surface area contributed by atoms with Crippen LogP contribution in [-0.4, -0.2) is 39.0 Å². The molecule has 0 radical (unpaired) electrons. The number of piperidine rings is 1. The van der Waals surface area contributed by atoms with Gasteiger partial charge < -0.3 is 5.73 Å². The zero-order valence-electron chi connectivity index (χ0n) is 12.5. The van der Waals surface area contributed by atoms with Gasteiger partial charge >= 0.3 is 0 Å². The summed E-state index contributed by atoms with van der Waals surface area (Å²) in [5.74, 6) is 0.703. The molecule has 3 rings (SSSR count). The first kappa shape index (κ1) is 14.6. The van der Waals surface area contributed by atoms with Crippen LogP contribution in [0.5, 0.6) is 0 Å². The van der Waals surface area contributed by atoms with E-state index in [4.69, 9.17) is 5.73 Å². The van der Waals surface area contributed by atoms with Gasteiger partial charge in [0.1, 0.15) is 0 Å². The quantitative estimate of drug-likeness (QED) is 0.941. The van der Waals surface area contributed by atoms with Gasteiger partial charge in [0.2, 0.25) is 0 Å². The molecule has 3 heterocycles. The van der Waals surface area contributed by atoms with E-state index in [9.17, 15) is 0 Å². The molecule has 2 aromatic heterocycles. The van der Waals surface area contributed by atoms with Gasteiger partial charge in [-0.3, -0.25) is 4.90 Å². The lowest BCUT2D eigenvalue weighted by molar-refractivity contribution is 0.0891. The van der Waals surface area contributed by atoms with E-state index in [2.05, 4.69) is 39.1 Å². The van der Waals surface area contributed by atoms with E-state index < -0.39 is 0 Å². The van der Waals surface area contributed by atoms with Gasteiger partial charge in [-0.1, -0.05) is 13.8 Å². The summed E-state index contributed by atoms with van der Waals surface area (Å²) in [4.78, 5) is 15.6. The van der Waals surface area contributed by atoms with Crippen molar-refractivity contribution in [3.63, 3.8) is 0 Å². The Hall–Kier alpha value is -1.37. The highest BCUT2D eigenvalue weighted by Gasteiger charge is 2.33. The fourth-order valence-corrected chi connectivity index (χ4v) is 3.50. The van der Waals surface area contributed by atoms with Gasteiger partial charge in [0.25, 0.3) is 0 Å². The summed E-state index contributed by atoms with van der Waals surface area (Å²) in [5, 5.41) is 2.99. The molecule has 5 nitrogen and oxygen atoms in total. The normalized spacial score (nSPS) is 22.3. The van der Waals surface area contributed by atoms with Crippen molar-refractivity contribution < 1.29 is 0 Å². The topological polar surface area (TPSA) is 67.9 Å². The van der Waals surface area contributed by atoms with E-state index in [1.54, 1.807) is 23.7 Å². The zero-order chi connectivity index (χ0) is 14.9. The second-order valence-electron chi connectivity index (χ2n) is 6.31. The van der Waals surface area contributed by atoms with Crippen molar-refractivity contribution >= 4 is 11.3 Å². The minimum Gasteiger partial charge on any atom is -0.327 e. The van der Waals surface area contributed by atoms with E-state index in [1.807, 2.05) is 6.07 Å². The summed E-state index contributed by atoms with van der Waals surface area (Å²) in [6.07, 6.45) is 4.54. The van der Waals surface area contributed by atoms with Crippen LogP contribution in [0.4, 0.5) is 0 Å².